The van der Waals surface area contributed by atoms with Crippen LogP contribution in [0.4, 0.5) is 8.78 Å². The summed E-state index contributed by atoms with van der Waals surface area (Å²) in [4.78, 5) is 11.1. The molecule has 0 bridgehead atoms. The zero-order chi connectivity index (χ0) is 11.4. The smallest absolute Gasteiger partial charge is 0.236 e. The molecule has 3 N–H and O–H groups in total. The number of halogens is 2. The van der Waals surface area contributed by atoms with E-state index in [1.165, 1.54) is 6.92 Å². The molecule has 1 atom stereocenters. The number of nitrogens with two attached hydrogens (primary N) is 1. The quantitative estimate of drug-likeness (QED) is 0.786. The molecule has 5 heteroatoms. The minimum Gasteiger partial charge on any atom is -0.351 e. The van der Waals surface area contributed by atoms with E-state index < -0.39 is 23.6 Å². The fraction of sp³-hybridized carbons (Fsp3) is 0.300. The van der Waals surface area contributed by atoms with Crippen LogP contribution in [0.5, 0.6) is 0 Å². The molecule has 3 nitrogen and oxygen atoms in total. The van der Waals surface area contributed by atoms with E-state index in [2.05, 4.69) is 5.32 Å². The summed E-state index contributed by atoms with van der Waals surface area (Å²) < 4.78 is 25.8. The van der Waals surface area contributed by atoms with Crippen molar-refractivity contribution in [2.24, 2.45) is 5.73 Å². The molecular formula is C10H12F2N2O. The van der Waals surface area contributed by atoms with Gasteiger partial charge in [-0.3, -0.25) is 4.79 Å². The van der Waals surface area contributed by atoms with E-state index in [9.17, 15) is 13.6 Å². The Bertz CT molecular complexity index is 366. The second-order valence-electron chi connectivity index (χ2n) is 3.24. The van der Waals surface area contributed by atoms with Gasteiger partial charge in [-0.1, -0.05) is 0 Å². The summed E-state index contributed by atoms with van der Waals surface area (Å²) in [6.45, 7) is 1.45. The largest absolute Gasteiger partial charge is 0.351 e. The number of rotatable bonds is 3. The van der Waals surface area contributed by atoms with Crippen LogP contribution in [0.2, 0.25) is 0 Å². The average molecular weight is 214 g/mol. The normalized spacial score (nSPS) is 12.3. The van der Waals surface area contributed by atoms with E-state index in [-0.39, 0.29) is 12.1 Å². The fourth-order valence-electron chi connectivity index (χ4n) is 1.02. The number of nitrogens with one attached hydrogen (secondary N) is 1. The van der Waals surface area contributed by atoms with Crippen LogP contribution in [-0.2, 0) is 11.3 Å². The molecule has 1 unspecified atom stereocenters. The lowest BCUT2D eigenvalue weighted by molar-refractivity contribution is -0.122. The highest BCUT2D eigenvalue weighted by Gasteiger charge is 2.08. The lowest BCUT2D eigenvalue weighted by Crippen LogP contribution is -2.37. The summed E-state index contributed by atoms with van der Waals surface area (Å²) in [6.07, 6.45) is 0. The predicted molar refractivity (Wildman–Crippen MR) is 51.9 cm³/mol. The first kappa shape index (κ1) is 11.6. The molecule has 1 aromatic carbocycles. The molecular weight excluding hydrogens is 202 g/mol. The van der Waals surface area contributed by atoms with Crippen molar-refractivity contribution in [3.05, 3.63) is 35.4 Å². The Balaban J connectivity index is 2.65. The number of benzene rings is 1. The van der Waals surface area contributed by atoms with Crippen LogP contribution in [-0.4, -0.2) is 11.9 Å². The third-order valence-electron chi connectivity index (χ3n) is 1.87. The zero-order valence-corrected chi connectivity index (χ0v) is 8.26. The molecule has 1 amide bonds. The SMILES string of the molecule is CC(N)C(=O)NCc1cc(F)ccc1F. The van der Waals surface area contributed by atoms with Crippen molar-refractivity contribution in [3.8, 4) is 0 Å². The zero-order valence-electron chi connectivity index (χ0n) is 8.26. The first-order valence-electron chi connectivity index (χ1n) is 4.48. The summed E-state index contributed by atoms with van der Waals surface area (Å²) >= 11 is 0. The van der Waals surface area contributed by atoms with Crippen LogP contribution in [0.15, 0.2) is 18.2 Å². The lowest BCUT2D eigenvalue weighted by Gasteiger charge is -2.08. The van der Waals surface area contributed by atoms with Crippen molar-refractivity contribution >= 4 is 5.91 Å². The standard InChI is InChI=1S/C10H12F2N2O/c1-6(13)10(15)14-5-7-4-8(11)2-3-9(7)12/h2-4,6H,5,13H2,1H3,(H,14,15). The molecule has 82 valence electrons. The van der Waals surface area contributed by atoms with Gasteiger partial charge in [-0.2, -0.15) is 0 Å². The van der Waals surface area contributed by atoms with Crippen molar-refractivity contribution < 1.29 is 13.6 Å². The van der Waals surface area contributed by atoms with Crippen molar-refractivity contribution in [3.63, 3.8) is 0 Å². The van der Waals surface area contributed by atoms with Gasteiger partial charge in [-0.25, -0.2) is 8.78 Å². The molecule has 0 aromatic heterocycles. The summed E-state index contributed by atoms with van der Waals surface area (Å²) in [5.41, 5.74) is 5.39. The molecule has 1 aromatic rings. The van der Waals surface area contributed by atoms with E-state index in [1.54, 1.807) is 0 Å². The van der Waals surface area contributed by atoms with E-state index in [4.69, 9.17) is 5.73 Å². The Morgan fingerprint density at radius 1 is 1.53 bits per heavy atom. The van der Waals surface area contributed by atoms with E-state index in [1.807, 2.05) is 0 Å². The molecule has 0 heterocycles. The van der Waals surface area contributed by atoms with Gasteiger partial charge in [-0.05, 0) is 25.1 Å². The van der Waals surface area contributed by atoms with E-state index >= 15 is 0 Å². The number of hydrogen-bond donors (Lipinski definition) is 2. The van der Waals surface area contributed by atoms with Crippen molar-refractivity contribution in [2.75, 3.05) is 0 Å². The first-order valence-corrected chi connectivity index (χ1v) is 4.48. The van der Waals surface area contributed by atoms with Crippen LogP contribution < -0.4 is 11.1 Å². The highest BCUT2D eigenvalue weighted by molar-refractivity contribution is 5.80. The highest BCUT2D eigenvalue weighted by Crippen LogP contribution is 2.08. The van der Waals surface area contributed by atoms with Gasteiger partial charge in [0.15, 0.2) is 0 Å². The van der Waals surface area contributed by atoms with Crippen LogP contribution in [0, 0.1) is 11.6 Å². The minimum absolute atomic E-state index is 0.0655. The molecule has 0 fully saturated rings. The number of carbonyl (C=O) groups is 1. The molecule has 0 saturated heterocycles. The van der Waals surface area contributed by atoms with Crippen LogP contribution >= 0.6 is 0 Å². The van der Waals surface area contributed by atoms with Gasteiger partial charge < -0.3 is 11.1 Å². The van der Waals surface area contributed by atoms with Crippen LogP contribution in [0.25, 0.3) is 0 Å². The van der Waals surface area contributed by atoms with Gasteiger partial charge in [0.25, 0.3) is 0 Å². The Morgan fingerprint density at radius 3 is 2.80 bits per heavy atom. The Labute approximate surface area is 86.3 Å². The van der Waals surface area contributed by atoms with Gasteiger partial charge in [-0.15, -0.1) is 0 Å². The lowest BCUT2D eigenvalue weighted by atomic mass is 10.2. The van der Waals surface area contributed by atoms with E-state index in [0.29, 0.717) is 0 Å². The molecule has 0 saturated carbocycles. The third kappa shape index (κ3) is 3.28. The van der Waals surface area contributed by atoms with Crippen LogP contribution in [0.3, 0.4) is 0 Å². The summed E-state index contributed by atoms with van der Waals surface area (Å²) in [6, 6.07) is 2.41. The number of carbonyl (C=O) groups excluding carboxylic acids is 1. The fourth-order valence-corrected chi connectivity index (χ4v) is 1.02. The van der Waals surface area contributed by atoms with Crippen molar-refractivity contribution in [2.45, 2.75) is 19.5 Å². The maximum atomic E-state index is 13.1. The highest BCUT2D eigenvalue weighted by atomic mass is 19.1. The van der Waals surface area contributed by atoms with Gasteiger partial charge in [0.05, 0.1) is 6.04 Å². The van der Waals surface area contributed by atoms with Crippen LogP contribution in [0.1, 0.15) is 12.5 Å². The second-order valence-corrected chi connectivity index (χ2v) is 3.24. The number of hydrogen-bond acceptors (Lipinski definition) is 2. The molecule has 0 radical (unpaired) electrons. The first-order chi connectivity index (χ1) is 7.00. The molecule has 0 aliphatic heterocycles. The minimum atomic E-state index is -0.665. The van der Waals surface area contributed by atoms with E-state index in [0.717, 1.165) is 18.2 Å². The molecule has 1 rings (SSSR count). The van der Waals surface area contributed by atoms with Crippen molar-refractivity contribution in [1.29, 1.82) is 0 Å². The Kier molecular flexibility index (Phi) is 3.74. The molecule has 0 aliphatic carbocycles. The predicted octanol–water partition coefficient (Wildman–Crippen LogP) is 0.928. The summed E-state index contributed by atoms with van der Waals surface area (Å²) in [7, 11) is 0. The summed E-state index contributed by atoms with van der Waals surface area (Å²) in [5, 5.41) is 2.40. The molecule has 15 heavy (non-hydrogen) atoms. The maximum Gasteiger partial charge on any atom is 0.236 e. The average Bonchev–Trinajstić information content (AvgIpc) is 2.18. The Morgan fingerprint density at radius 2 is 2.20 bits per heavy atom. The topological polar surface area (TPSA) is 55.1 Å². The van der Waals surface area contributed by atoms with Gasteiger partial charge in [0, 0.05) is 12.1 Å². The second kappa shape index (κ2) is 4.84. The Hall–Kier alpha value is -1.49. The molecule has 0 aliphatic rings. The third-order valence-corrected chi connectivity index (χ3v) is 1.87. The molecule has 0 spiro atoms. The van der Waals surface area contributed by atoms with Gasteiger partial charge >= 0.3 is 0 Å². The monoisotopic (exact) mass is 214 g/mol. The van der Waals surface area contributed by atoms with Gasteiger partial charge in [0.1, 0.15) is 11.6 Å². The number of amides is 1. The maximum absolute atomic E-state index is 13.1. The van der Waals surface area contributed by atoms with Crippen molar-refractivity contribution in [1.82, 2.24) is 5.32 Å². The van der Waals surface area contributed by atoms with Gasteiger partial charge in [0.2, 0.25) is 5.91 Å². The summed E-state index contributed by atoms with van der Waals surface area (Å²) in [5.74, 6) is -1.50.